The van der Waals surface area contributed by atoms with E-state index in [0.717, 1.165) is 12.3 Å². The van der Waals surface area contributed by atoms with Crippen LogP contribution in [0.15, 0.2) is 23.4 Å². The van der Waals surface area contributed by atoms with E-state index in [-0.39, 0.29) is 17.1 Å². The van der Waals surface area contributed by atoms with Crippen molar-refractivity contribution in [3.8, 4) is 0 Å². The molecule has 0 bridgehead atoms. The molecule has 2 N–H and O–H groups in total. The second-order valence-corrected chi connectivity index (χ2v) is 4.52. The van der Waals surface area contributed by atoms with E-state index in [2.05, 4.69) is 10.1 Å². The number of halogens is 4. The molecule has 1 heterocycles. The summed E-state index contributed by atoms with van der Waals surface area (Å²) in [7, 11) is 0. The first kappa shape index (κ1) is 15.0. The van der Waals surface area contributed by atoms with Crippen molar-refractivity contribution in [3.63, 3.8) is 0 Å². The number of aromatic nitrogens is 2. The Morgan fingerprint density at radius 3 is 2.48 bits per heavy atom. The average Bonchev–Trinajstić information content (AvgIpc) is 2.67. The maximum absolute atomic E-state index is 13.7. The third-order valence-corrected chi connectivity index (χ3v) is 2.81. The predicted molar refractivity (Wildman–Crippen MR) is 70.5 cm³/mol. The van der Waals surface area contributed by atoms with Crippen LogP contribution in [0.1, 0.15) is 22.4 Å². The van der Waals surface area contributed by atoms with E-state index in [0.29, 0.717) is 11.8 Å². The van der Waals surface area contributed by atoms with Gasteiger partial charge in [-0.25, -0.2) is 14.1 Å². The first-order chi connectivity index (χ1) is 9.68. The van der Waals surface area contributed by atoms with Crippen LogP contribution < -0.4 is 5.73 Å². The first-order valence-electron chi connectivity index (χ1n) is 5.91. The van der Waals surface area contributed by atoms with Crippen molar-refractivity contribution in [1.29, 1.82) is 0 Å². The van der Waals surface area contributed by atoms with E-state index in [9.17, 15) is 17.6 Å². The highest BCUT2D eigenvalue weighted by Gasteiger charge is 2.33. The summed E-state index contributed by atoms with van der Waals surface area (Å²) >= 11 is 0. The molecule has 0 aliphatic rings. The minimum absolute atomic E-state index is 0.0637. The lowest BCUT2D eigenvalue weighted by molar-refractivity contribution is -0.138. The third-order valence-electron chi connectivity index (χ3n) is 2.81. The largest absolute Gasteiger partial charge is 0.416 e. The summed E-state index contributed by atoms with van der Waals surface area (Å²) in [6.45, 7) is 2.96. The van der Waals surface area contributed by atoms with Crippen LogP contribution in [-0.4, -0.2) is 15.9 Å². The minimum atomic E-state index is -4.59. The molecule has 8 heteroatoms. The maximum Gasteiger partial charge on any atom is 0.416 e. The van der Waals surface area contributed by atoms with Crippen molar-refractivity contribution >= 4 is 12.2 Å². The average molecular weight is 300 g/mol. The maximum atomic E-state index is 13.7. The zero-order chi connectivity index (χ0) is 15.8. The molecule has 0 radical (unpaired) electrons. The minimum Gasteiger partial charge on any atom is -0.368 e. The highest BCUT2D eigenvalue weighted by molar-refractivity contribution is 5.80. The topological polar surface area (TPSA) is 56.2 Å². The Labute approximate surface area is 117 Å². The second-order valence-electron chi connectivity index (χ2n) is 4.52. The van der Waals surface area contributed by atoms with Gasteiger partial charge in [0.25, 0.3) is 0 Å². The zero-order valence-electron chi connectivity index (χ0n) is 11.2. The van der Waals surface area contributed by atoms with E-state index in [1.54, 1.807) is 6.92 Å². The number of nitrogen functional groups attached to an aromatic ring is 1. The number of nitrogens with two attached hydrogens (primary N) is 1. The van der Waals surface area contributed by atoms with Gasteiger partial charge in [-0.1, -0.05) is 0 Å². The monoisotopic (exact) mass is 300 g/mol. The smallest absolute Gasteiger partial charge is 0.368 e. The molecule has 0 aliphatic carbocycles. The van der Waals surface area contributed by atoms with Crippen LogP contribution in [-0.2, 0) is 6.18 Å². The van der Waals surface area contributed by atoms with Crippen LogP contribution in [0.4, 0.5) is 23.5 Å². The number of benzene rings is 1. The van der Waals surface area contributed by atoms with Crippen molar-refractivity contribution in [2.24, 2.45) is 5.10 Å². The summed E-state index contributed by atoms with van der Waals surface area (Å²) in [4.78, 5) is 3.89. The Kier molecular flexibility index (Phi) is 3.71. The van der Waals surface area contributed by atoms with Crippen molar-refractivity contribution in [2.45, 2.75) is 20.0 Å². The first-order valence-corrected chi connectivity index (χ1v) is 5.91. The third kappa shape index (κ3) is 3.21. The van der Waals surface area contributed by atoms with Gasteiger partial charge < -0.3 is 5.73 Å². The molecule has 0 unspecified atom stereocenters. The highest BCUT2D eigenvalue weighted by Crippen LogP contribution is 2.32. The normalized spacial score (nSPS) is 12.3. The van der Waals surface area contributed by atoms with Crippen molar-refractivity contribution in [2.75, 3.05) is 5.73 Å². The Morgan fingerprint density at radius 1 is 1.29 bits per heavy atom. The number of anilines is 1. The molecule has 0 fully saturated rings. The molecular formula is C13H12F4N4. The number of rotatable bonds is 2. The van der Waals surface area contributed by atoms with E-state index in [1.807, 2.05) is 0 Å². The Hall–Kier alpha value is -2.38. The van der Waals surface area contributed by atoms with Gasteiger partial charge in [-0.3, -0.25) is 0 Å². The van der Waals surface area contributed by atoms with E-state index in [1.165, 1.54) is 17.8 Å². The SMILES string of the molecule is Cc1cn(N=Cc2cc(C)c(C(F)(F)F)cc2F)c(N)n1. The lowest BCUT2D eigenvalue weighted by atomic mass is 10.0. The number of imidazole rings is 1. The Morgan fingerprint density at radius 2 is 1.95 bits per heavy atom. The molecule has 0 saturated heterocycles. The number of aryl methyl sites for hydroxylation is 2. The van der Waals surface area contributed by atoms with E-state index in [4.69, 9.17) is 5.73 Å². The molecule has 4 nitrogen and oxygen atoms in total. The summed E-state index contributed by atoms with van der Waals surface area (Å²) in [5.41, 5.74) is 5.02. The molecule has 1 aromatic carbocycles. The predicted octanol–water partition coefficient (Wildman–Crippen LogP) is 3.12. The Balaban J connectivity index is 2.38. The van der Waals surface area contributed by atoms with Gasteiger partial charge in [0.1, 0.15) is 5.82 Å². The summed E-state index contributed by atoms with van der Waals surface area (Å²) < 4.78 is 52.8. The summed E-state index contributed by atoms with van der Waals surface area (Å²) in [5.74, 6) is -0.903. The Bertz CT molecular complexity index is 701. The van der Waals surface area contributed by atoms with Gasteiger partial charge in [-0.15, -0.1) is 0 Å². The molecule has 112 valence electrons. The molecule has 1 aromatic heterocycles. The van der Waals surface area contributed by atoms with Crippen LogP contribution in [0.25, 0.3) is 0 Å². The van der Waals surface area contributed by atoms with Crippen molar-refractivity contribution in [1.82, 2.24) is 9.66 Å². The van der Waals surface area contributed by atoms with Gasteiger partial charge in [0, 0.05) is 5.56 Å². The van der Waals surface area contributed by atoms with Gasteiger partial charge in [-0.2, -0.15) is 18.3 Å². The van der Waals surface area contributed by atoms with Crippen LogP contribution in [0, 0.1) is 19.7 Å². The molecule has 0 atom stereocenters. The molecule has 2 rings (SSSR count). The van der Waals surface area contributed by atoms with Crippen LogP contribution in [0.5, 0.6) is 0 Å². The van der Waals surface area contributed by atoms with Crippen LogP contribution in [0.2, 0.25) is 0 Å². The van der Waals surface area contributed by atoms with Crippen molar-refractivity contribution in [3.05, 3.63) is 46.5 Å². The molecule has 0 spiro atoms. The van der Waals surface area contributed by atoms with Gasteiger partial charge in [-0.05, 0) is 31.5 Å². The van der Waals surface area contributed by atoms with Crippen LogP contribution in [0.3, 0.4) is 0 Å². The van der Waals surface area contributed by atoms with Gasteiger partial charge in [0.2, 0.25) is 5.95 Å². The summed E-state index contributed by atoms with van der Waals surface area (Å²) in [5, 5.41) is 3.87. The quantitative estimate of drug-likeness (QED) is 0.684. The van der Waals surface area contributed by atoms with E-state index < -0.39 is 17.6 Å². The number of alkyl halides is 3. The number of hydrogen-bond acceptors (Lipinski definition) is 3. The standard InChI is InChI=1S/C13H12F4N4/c1-7-3-9(11(14)4-10(7)13(15,16)17)5-19-21-6-8(2)20-12(21)18/h3-6H,1-2H3,(H2,18,20). The van der Waals surface area contributed by atoms with Gasteiger partial charge >= 0.3 is 6.18 Å². The molecule has 0 amide bonds. The van der Waals surface area contributed by atoms with E-state index >= 15 is 0 Å². The fourth-order valence-electron chi connectivity index (χ4n) is 1.83. The lowest BCUT2D eigenvalue weighted by Gasteiger charge is -2.11. The van der Waals surface area contributed by atoms with Crippen LogP contribution >= 0.6 is 0 Å². The summed E-state index contributed by atoms with van der Waals surface area (Å²) in [6.07, 6.45) is -1.98. The van der Waals surface area contributed by atoms with Gasteiger partial charge in [0.05, 0.1) is 23.7 Å². The fourth-order valence-corrected chi connectivity index (χ4v) is 1.83. The number of nitrogens with zero attached hydrogens (tertiary/aromatic N) is 3. The fraction of sp³-hybridized carbons (Fsp3) is 0.231. The lowest BCUT2D eigenvalue weighted by Crippen LogP contribution is -2.09. The molecule has 0 saturated carbocycles. The highest BCUT2D eigenvalue weighted by atomic mass is 19.4. The summed E-state index contributed by atoms with van der Waals surface area (Å²) in [6, 6.07) is 1.54. The van der Waals surface area contributed by atoms with Crippen molar-refractivity contribution < 1.29 is 17.6 Å². The molecule has 0 aliphatic heterocycles. The number of hydrogen-bond donors (Lipinski definition) is 1. The molecule has 2 aromatic rings. The zero-order valence-corrected chi connectivity index (χ0v) is 11.2. The second kappa shape index (κ2) is 5.19. The molecular weight excluding hydrogens is 288 g/mol. The van der Waals surface area contributed by atoms with Gasteiger partial charge in [0.15, 0.2) is 0 Å². The molecule has 21 heavy (non-hydrogen) atoms.